The number of thiophene rings is 1. The molecule has 40 heavy (non-hydrogen) atoms. The van der Waals surface area contributed by atoms with Crippen LogP contribution < -0.4 is 4.90 Å². The maximum absolute atomic E-state index is 13.5. The third-order valence-electron chi connectivity index (χ3n) is 8.10. The van der Waals surface area contributed by atoms with E-state index >= 15 is 0 Å². The van der Waals surface area contributed by atoms with Gasteiger partial charge in [-0.15, -0.1) is 11.3 Å². The number of aromatic nitrogens is 2. The van der Waals surface area contributed by atoms with Crippen LogP contribution in [0.1, 0.15) is 57.1 Å². The first-order valence-corrected chi connectivity index (χ1v) is 14.4. The molecule has 0 radical (unpaired) electrons. The van der Waals surface area contributed by atoms with E-state index in [1.165, 1.54) is 16.2 Å². The van der Waals surface area contributed by atoms with Gasteiger partial charge in [-0.05, 0) is 49.4 Å². The highest BCUT2D eigenvalue weighted by molar-refractivity contribution is 7.09. The molecule has 2 aromatic carbocycles. The van der Waals surface area contributed by atoms with Crippen LogP contribution in [0.25, 0.3) is 11.3 Å². The molecule has 0 aliphatic carbocycles. The van der Waals surface area contributed by atoms with Gasteiger partial charge in [-0.3, -0.25) is 24.4 Å². The van der Waals surface area contributed by atoms with Gasteiger partial charge in [-0.25, -0.2) is 0 Å². The zero-order valence-electron chi connectivity index (χ0n) is 22.5. The minimum absolute atomic E-state index is 0.106. The van der Waals surface area contributed by atoms with Crippen molar-refractivity contribution in [2.24, 2.45) is 5.92 Å². The van der Waals surface area contributed by atoms with E-state index in [2.05, 4.69) is 15.1 Å². The summed E-state index contributed by atoms with van der Waals surface area (Å²) in [5.41, 5.74) is 4.49. The molecule has 2 aromatic heterocycles. The Morgan fingerprint density at radius 3 is 2.55 bits per heavy atom. The van der Waals surface area contributed by atoms with Crippen LogP contribution in [0.3, 0.4) is 0 Å². The highest BCUT2D eigenvalue weighted by Crippen LogP contribution is 2.35. The van der Waals surface area contributed by atoms with Gasteiger partial charge in [-0.1, -0.05) is 42.5 Å². The highest BCUT2D eigenvalue weighted by Gasteiger charge is 2.39. The van der Waals surface area contributed by atoms with Crippen molar-refractivity contribution in [3.63, 3.8) is 0 Å². The number of piperidine rings is 1. The van der Waals surface area contributed by atoms with Crippen LogP contribution in [0.2, 0.25) is 0 Å². The number of carbonyl (C=O) groups is 3. The van der Waals surface area contributed by atoms with Gasteiger partial charge in [0.05, 0.1) is 40.8 Å². The van der Waals surface area contributed by atoms with Crippen LogP contribution >= 0.6 is 11.3 Å². The summed E-state index contributed by atoms with van der Waals surface area (Å²) < 4.78 is 0. The fourth-order valence-electron chi connectivity index (χ4n) is 5.64. The summed E-state index contributed by atoms with van der Waals surface area (Å²) in [5, 5.41) is 9.50. The average Bonchev–Trinajstić information content (AvgIpc) is 3.75. The van der Waals surface area contributed by atoms with Gasteiger partial charge in [0.15, 0.2) is 0 Å². The summed E-state index contributed by atoms with van der Waals surface area (Å²) in [5.74, 6) is -0.491. The Hall–Kier alpha value is -4.24. The van der Waals surface area contributed by atoms with Gasteiger partial charge in [-0.2, -0.15) is 5.10 Å². The zero-order valence-corrected chi connectivity index (χ0v) is 23.4. The molecule has 9 heteroatoms. The Balaban J connectivity index is 1.11. The molecule has 204 valence electrons. The molecule has 2 aliphatic heterocycles. The van der Waals surface area contributed by atoms with Crippen LogP contribution in [0.5, 0.6) is 0 Å². The number of benzene rings is 2. The molecule has 0 saturated carbocycles. The van der Waals surface area contributed by atoms with Gasteiger partial charge in [0.2, 0.25) is 5.91 Å². The lowest BCUT2D eigenvalue weighted by Crippen LogP contribution is -2.42. The molecular weight excluding hydrogens is 522 g/mol. The molecular formula is C31H31N5O3S. The number of aromatic amines is 1. The number of carbonyl (C=O) groups excluding carboxylic acids is 3. The van der Waals surface area contributed by atoms with Crippen LogP contribution in [0.15, 0.2) is 72.1 Å². The summed E-state index contributed by atoms with van der Waals surface area (Å²) in [6.45, 7) is 3.58. The van der Waals surface area contributed by atoms with Gasteiger partial charge in [0, 0.05) is 36.5 Å². The van der Waals surface area contributed by atoms with Crippen molar-refractivity contribution in [2.75, 3.05) is 25.0 Å². The summed E-state index contributed by atoms with van der Waals surface area (Å²) in [6, 6.07) is 21.2. The number of imide groups is 1. The van der Waals surface area contributed by atoms with Crippen LogP contribution in [-0.4, -0.2) is 57.9 Å². The van der Waals surface area contributed by atoms with E-state index in [-0.39, 0.29) is 36.2 Å². The third kappa shape index (κ3) is 4.70. The maximum Gasteiger partial charge on any atom is 0.264 e. The topological polar surface area (TPSA) is 89.6 Å². The maximum atomic E-state index is 13.5. The van der Waals surface area contributed by atoms with Gasteiger partial charge in [0.25, 0.3) is 11.8 Å². The van der Waals surface area contributed by atoms with Crippen LogP contribution in [0, 0.1) is 5.92 Å². The number of rotatable bonds is 7. The van der Waals surface area contributed by atoms with E-state index in [1.807, 2.05) is 80.0 Å². The standard InChI is InChI=1S/C31H31N5O3S/c1-20(25-18-26(33-32-25)21-8-4-3-5-9-21)34(2)29(37)22-13-15-35(16-14-22)27-12-6-11-24-28(27)31(39)36(30(24)38)19-23-10-7-17-40-23/h3-12,17-18,20,22H,13-16,19H2,1-2H3,(H,32,33)/t20-/m1/s1. The van der Waals surface area contributed by atoms with E-state index < -0.39 is 0 Å². The Morgan fingerprint density at radius 2 is 1.82 bits per heavy atom. The number of nitrogens with zero attached hydrogens (tertiary/aromatic N) is 4. The smallest absolute Gasteiger partial charge is 0.264 e. The molecule has 0 unspecified atom stereocenters. The van der Waals surface area contributed by atoms with Crippen molar-refractivity contribution >= 4 is 34.7 Å². The Bertz CT molecular complexity index is 1540. The van der Waals surface area contributed by atoms with E-state index in [0.717, 1.165) is 27.5 Å². The number of anilines is 1. The predicted molar refractivity (Wildman–Crippen MR) is 155 cm³/mol. The van der Waals surface area contributed by atoms with Crippen molar-refractivity contribution < 1.29 is 14.4 Å². The predicted octanol–water partition coefficient (Wildman–Crippen LogP) is 5.37. The molecule has 4 heterocycles. The van der Waals surface area contributed by atoms with Crippen molar-refractivity contribution in [1.82, 2.24) is 20.0 Å². The molecule has 2 aliphatic rings. The Morgan fingerprint density at radius 1 is 1.05 bits per heavy atom. The second-order valence-electron chi connectivity index (χ2n) is 10.4. The van der Waals surface area contributed by atoms with Crippen molar-refractivity contribution in [3.8, 4) is 11.3 Å². The Kier molecular flexibility index (Phi) is 6.98. The molecule has 3 amide bonds. The lowest BCUT2D eigenvalue weighted by Gasteiger charge is -2.36. The fourth-order valence-corrected chi connectivity index (χ4v) is 6.34. The first kappa shape index (κ1) is 26.0. The lowest BCUT2D eigenvalue weighted by atomic mass is 9.93. The Labute approximate surface area is 237 Å². The zero-order chi connectivity index (χ0) is 27.8. The van der Waals surface area contributed by atoms with E-state index in [1.54, 1.807) is 11.0 Å². The normalized spacial score (nSPS) is 16.4. The molecule has 1 fully saturated rings. The molecule has 0 spiro atoms. The fraction of sp³-hybridized carbons (Fsp3) is 0.290. The summed E-state index contributed by atoms with van der Waals surface area (Å²) in [6.07, 6.45) is 1.36. The summed E-state index contributed by atoms with van der Waals surface area (Å²) in [4.78, 5) is 46.2. The summed E-state index contributed by atoms with van der Waals surface area (Å²) in [7, 11) is 1.85. The number of nitrogens with one attached hydrogen (secondary N) is 1. The van der Waals surface area contributed by atoms with Gasteiger partial charge >= 0.3 is 0 Å². The monoisotopic (exact) mass is 553 g/mol. The minimum atomic E-state index is -0.245. The van der Waals surface area contributed by atoms with Gasteiger partial charge in [0.1, 0.15) is 0 Å². The molecule has 6 rings (SSSR count). The number of hydrogen-bond donors (Lipinski definition) is 1. The molecule has 0 bridgehead atoms. The van der Waals surface area contributed by atoms with Crippen molar-refractivity contribution in [3.05, 3.63) is 93.8 Å². The minimum Gasteiger partial charge on any atom is -0.371 e. The van der Waals surface area contributed by atoms with Crippen LogP contribution in [0.4, 0.5) is 5.69 Å². The molecule has 1 N–H and O–H groups in total. The van der Waals surface area contributed by atoms with Crippen molar-refractivity contribution in [1.29, 1.82) is 0 Å². The molecule has 4 aromatic rings. The van der Waals surface area contributed by atoms with Crippen LogP contribution in [-0.2, 0) is 11.3 Å². The molecule has 8 nitrogen and oxygen atoms in total. The first-order chi connectivity index (χ1) is 19.4. The number of fused-ring (bicyclic) bond motifs is 1. The second kappa shape index (κ2) is 10.7. The number of amides is 3. The van der Waals surface area contributed by atoms with Crippen molar-refractivity contribution in [2.45, 2.75) is 32.4 Å². The van der Waals surface area contributed by atoms with E-state index in [0.29, 0.717) is 37.1 Å². The van der Waals surface area contributed by atoms with E-state index in [4.69, 9.17) is 0 Å². The van der Waals surface area contributed by atoms with E-state index in [9.17, 15) is 14.4 Å². The molecule has 1 atom stereocenters. The quantitative estimate of drug-likeness (QED) is 0.311. The average molecular weight is 554 g/mol. The number of hydrogen-bond acceptors (Lipinski definition) is 6. The summed E-state index contributed by atoms with van der Waals surface area (Å²) >= 11 is 1.53. The largest absolute Gasteiger partial charge is 0.371 e. The lowest BCUT2D eigenvalue weighted by molar-refractivity contribution is -0.136. The van der Waals surface area contributed by atoms with Gasteiger partial charge < -0.3 is 9.80 Å². The highest BCUT2D eigenvalue weighted by atomic mass is 32.1. The first-order valence-electron chi connectivity index (χ1n) is 13.6. The molecule has 1 saturated heterocycles. The second-order valence-corrected chi connectivity index (χ2v) is 11.5. The third-order valence-corrected chi connectivity index (χ3v) is 8.96. The number of H-pyrrole nitrogens is 1. The SMILES string of the molecule is C[C@H](c1cc(-c2ccccc2)n[nH]1)N(C)C(=O)C1CCN(c2cccc3c2C(=O)N(Cc2cccs2)C3=O)CC1.